The zero-order valence-electron chi connectivity index (χ0n) is 12.0. The van der Waals surface area contributed by atoms with Gasteiger partial charge in [-0.05, 0) is 44.1 Å². The fourth-order valence-corrected chi connectivity index (χ4v) is 3.15. The Labute approximate surface area is 108 Å². The highest BCUT2D eigenvalue weighted by Crippen LogP contribution is 2.33. The molecule has 0 radical (unpaired) electrons. The predicted molar refractivity (Wildman–Crippen MR) is 74.3 cm³/mol. The Morgan fingerprint density at radius 1 is 1.29 bits per heavy atom. The van der Waals surface area contributed by atoms with Gasteiger partial charge in [0.1, 0.15) is 0 Å². The van der Waals surface area contributed by atoms with Crippen LogP contribution in [0, 0.1) is 11.8 Å². The third kappa shape index (κ3) is 5.39. The summed E-state index contributed by atoms with van der Waals surface area (Å²) in [6, 6.07) is 0.684. The van der Waals surface area contributed by atoms with Gasteiger partial charge in [-0.1, -0.05) is 33.1 Å². The summed E-state index contributed by atoms with van der Waals surface area (Å²) >= 11 is 0. The van der Waals surface area contributed by atoms with Crippen LogP contribution < -0.4 is 5.32 Å². The average Bonchev–Trinajstić information content (AvgIpc) is 2.39. The summed E-state index contributed by atoms with van der Waals surface area (Å²) in [5.74, 6) is 1.86. The van der Waals surface area contributed by atoms with E-state index in [0.717, 1.165) is 25.0 Å². The van der Waals surface area contributed by atoms with Gasteiger partial charge in [0.15, 0.2) is 0 Å². The molecule has 1 saturated carbocycles. The fraction of sp³-hybridized carbons (Fsp3) is 1.00. The summed E-state index contributed by atoms with van der Waals surface area (Å²) in [6.07, 6.45) is 9.51. The van der Waals surface area contributed by atoms with Gasteiger partial charge in [0.2, 0.25) is 0 Å². The lowest BCUT2D eigenvalue weighted by molar-refractivity contribution is 0.146. The Kier molecular flexibility index (Phi) is 7.87. The Morgan fingerprint density at radius 2 is 2.12 bits per heavy atom. The number of nitrogens with one attached hydrogen (secondary N) is 1. The molecular weight excluding hydrogens is 210 g/mol. The van der Waals surface area contributed by atoms with Crippen molar-refractivity contribution in [2.45, 2.75) is 64.8 Å². The van der Waals surface area contributed by atoms with Gasteiger partial charge in [-0.25, -0.2) is 0 Å². The molecule has 0 spiro atoms. The van der Waals surface area contributed by atoms with Gasteiger partial charge in [-0.2, -0.15) is 0 Å². The molecule has 0 aliphatic heterocycles. The predicted octanol–water partition coefficient (Wildman–Crippen LogP) is 3.61. The van der Waals surface area contributed by atoms with Crippen molar-refractivity contribution in [3.05, 3.63) is 0 Å². The second kappa shape index (κ2) is 8.93. The van der Waals surface area contributed by atoms with Crippen LogP contribution in [0.1, 0.15) is 58.8 Å². The van der Waals surface area contributed by atoms with Crippen molar-refractivity contribution in [3.63, 3.8) is 0 Å². The maximum absolute atomic E-state index is 5.26. The van der Waals surface area contributed by atoms with Gasteiger partial charge < -0.3 is 10.1 Å². The van der Waals surface area contributed by atoms with Gasteiger partial charge in [0.05, 0.1) is 0 Å². The first-order valence-corrected chi connectivity index (χ1v) is 7.54. The van der Waals surface area contributed by atoms with Crippen LogP contribution in [0.5, 0.6) is 0 Å². The van der Waals surface area contributed by atoms with Gasteiger partial charge in [-0.3, -0.25) is 0 Å². The number of rotatable bonds is 8. The van der Waals surface area contributed by atoms with Gasteiger partial charge in [0, 0.05) is 19.8 Å². The molecule has 102 valence electrons. The highest BCUT2D eigenvalue weighted by atomic mass is 16.5. The van der Waals surface area contributed by atoms with Crippen LogP contribution in [0.4, 0.5) is 0 Å². The van der Waals surface area contributed by atoms with Crippen LogP contribution in [0.15, 0.2) is 0 Å². The molecule has 2 heteroatoms. The van der Waals surface area contributed by atoms with E-state index in [1.54, 1.807) is 0 Å². The lowest BCUT2D eigenvalue weighted by Gasteiger charge is -2.35. The van der Waals surface area contributed by atoms with E-state index < -0.39 is 0 Å². The van der Waals surface area contributed by atoms with E-state index in [0.29, 0.717) is 6.04 Å². The normalized spacial score (nSPS) is 27.0. The minimum absolute atomic E-state index is 0.684. The summed E-state index contributed by atoms with van der Waals surface area (Å²) < 4.78 is 5.26. The quantitative estimate of drug-likeness (QED) is 0.701. The van der Waals surface area contributed by atoms with E-state index in [4.69, 9.17) is 4.74 Å². The van der Waals surface area contributed by atoms with Crippen molar-refractivity contribution >= 4 is 0 Å². The molecule has 0 amide bonds. The summed E-state index contributed by atoms with van der Waals surface area (Å²) in [5, 5.41) is 3.74. The highest BCUT2D eigenvalue weighted by Gasteiger charge is 2.26. The molecule has 1 aliphatic carbocycles. The van der Waals surface area contributed by atoms with Crippen LogP contribution in [0.2, 0.25) is 0 Å². The summed E-state index contributed by atoms with van der Waals surface area (Å²) in [4.78, 5) is 0. The molecule has 3 atom stereocenters. The second-order valence-electron chi connectivity index (χ2n) is 5.54. The molecule has 0 aromatic carbocycles. The molecule has 2 nitrogen and oxygen atoms in total. The molecule has 1 rings (SSSR count). The molecule has 0 aromatic heterocycles. The van der Waals surface area contributed by atoms with Crippen LogP contribution in [-0.4, -0.2) is 26.3 Å². The average molecular weight is 241 g/mol. The number of ether oxygens (including phenoxy) is 1. The van der Waals surface area contributed by atoms with Crippen molar-refractivity contribution < 1.29 is 4.74 Å². The lowest BCUT2D eigenvalue weighted by Crippen LogP contribution is -2.39. The SMILES string of the molecule is CCCNC(CCOC)C1CCCC(CC)C1. The maximum Gasteiger partial charge on any atom is 0.0477 e. The summed E-state index contributed by atoms with van der Waals surface area (Å²) in [5.41, 5.74) is 0. The third-order valence-electron chi connectivity index (χ3n) is 4.26. The standard InChI is InChI=1S/C15H31NO/c1-4-10-16-15(9-11-17-3)14-8-6-7-13(5-2)12-14/h13-16H,4-12H2,1-3H3. The van der Waals surface area contributed by atoms with Crippen LogP contribution >= 0.6 is 0 Å². The van der Waals surface area contributed by atoms with E-state index in [1.165, 1.54) is 44.9 Å². The molecule has 1 aliphatic rings. The molecule has 0 aromatic rings. The Bertz CT molecular complexity index is 176. The van der Waals surface area contributed by atoms with E-state index in [-0.39, 0.29) is 0 Å². The monoisotopic (exact) mass is 241 g/mol. The fourth-order valence-electron chi connectivity index (χ4n) is 3.15. The van der Waals surface area contributed by atoms with E-state index in [2.05, 4.69) is 19.2 Å². The number of methoxy groups -OCH3 is 1. The van der Waals surface area contributed by atoms with Crippen LogP contribution in [0.25, 0.3) is 0 Å². The molecular formula is C15H31NO. The van der Waals surface area contributed by atoms with Crippen molar-refractivity contribution in [2.24, 2.45) is 11.8 Å². The first kappa shape index (κ1) is 15.0. The van der Waals surface area contributed by atoms with Crippen LogP contribution in [0.3, 0.4) is 0 Å². The van der Waals surface area contributed by atoms with Gasteiger partial charge in [-0.15, -0.1) is 0 Å². The molecule has 1 fully saturated rings. The zero-order chi connectivity index (χ0) is 12.5. The smallest absolute Gasteiger partial charge is 0.0477 e. The Hall–Kier alpha value is -0.0800. The van der Waals surface area contributed by atoms with E-state index >= 15 is 0 Å². The third-order valence-corrected chi connectivity index (χ3v) is 4.26. The van der Waals surface area contributed by atoms with Gasteiger partial charge in [0.25, 0.3) is 0 Å². The Morgan fingerprint density at radius 3 is 2.76 bits per heavy atom. The highest BCUT2D eigenvalue weighted by molar-refractivity contribution is 4.82. The van der Waals surface area contributed by atoms with Crippen LogP contribution in [-0.2, 0) is 4.74 Å². The minimum atomic E-state index is 0.684. The summed E-state index contributed by atoms with van der Waals surface area (Å²) in [7, 11) is 1.81. The van der Waals surface area contributed by atoms with Gasteiger partial charge >= 0.3 is 0 Å². The lowest BCUT2D eigenvalue weighted by atomic mass is 9.76. The van der Waals surface area contributed by atoms with E-state index in [9.17, 15) is 0 Å². The molecule has 17 heavy (non-hydrogen) atoms. The molecule has 0 bridgehead atoms. The van der Waals surface area contributed by atoms with Crippen molar-refractivity contribution in [1.29, 1.82) is 0 Å². The first-order valence-electron chi connectivity index (χ1n) is 7.54. The topological polar surface area (TPSA) is 21.3 Å². The number of hydrogen-bond acceptors (Lipinski definition) is 2. The Balaban J connectivity index is 2.42. The zero-order valence-corrected chi connectivity index (χ0v) is 12.0. The minimum Gasteiger partial charge on any atom is -0.385 e. The van der Waals surface area contributed by atoms with Crippen molar-refractivity contribution in [2.75, 3.05) is 20.3 Å². The summed E-state index contributed by atoms with van der Waals surface area (Å²) in [6.45, 7) is 6.64. The van der Waals surface area contributed by atoms with E-state index in [1.807, 2.05) is 7.11 Å². The molecule has 0 heterocycles. The second-order valence-corrected chi connectivity index (χ2v) is 5.54. The maximum atomic E-state index is 5.26. The first-order chi connectivity index (χ1) is 8.31. The van der Waals surface area contributed by atoms with Crippen molar-refractivity contribution in [3.8, 4) is 0 Å². The van der Waals surface area contributed by atoms with Crippen molar-refractivity contribution in [1.82, 2.24) is 5.32 Å². The number of hydrogen-bond donors (Lipinski definition) is 1. The molecule has 0 saturated heterocycles. The largest absolute Gasteiger partial charge is 0.385 e. The molecule has 3 unspecified atom stereocenters. The molecule has 1 N–H and O–H groups in total.